The highest BCUT2D eigenvalue weighted by molar-refractivity contribution is 8.19. The van der Waals surface area contributed by atoms with Crippen LogP contribution in [0.15, 0.2) is 58.3 Å². The van der Waals surface area contributed by atoms with Crippen LogP contribution in [0.3, 0.4) is 0 Å². The molecule has 2 saturated heterocycles. The van der Waals surface area contributed by atoms with Crippen LogP contribution in [0.5, 0.6) is 0 Å². The van der Waals surface area contributed by atoms with Gasteiger partial charge in [-0.1, -0.05) is 48.2 Å². The van der Waals surface area contributed by atoms with Crippen LogP contribution in [0.25, 0.3) is 0 Å². The highest BCUT2D eigenvalue weighted by Crippen LogP contribution is 2.66. The lowest BCUT2D eigenvalue weighted by atomic mass is 9.71. The minimum atomic E-state index is -1.06. The lowest BCUT2D eigenvalue weighted by Gasteiger charge is -2.56. The largest absolute Gasteiger partial charge is 0.378 e. The van der Waals surface area contributed by atoms with E-state index in [0.717, 1.165) is 42.1 Å². The minimum Gasteiger partial charge on any atom is -0.378 e. The maximum atomic E-state index is 13.1. The zero-order valence-corrected chi connectivity index (χ0v) is 21.1. The molecule has 2 nitrogen and oxygen atoms in total. The first-order chi connectivity index (χ1) is 15.7. The van der Waals surface area contributed by atoms with E-state index < -0.39 is 5.60 Å². The first kappa shape index (κ1) is 22.7. The van der Waals surface area contributed by atoms with Crippen LogP contribution in [0.1, 0.15) is 43.7 Å². The van der Waals surface area contributed by atoms with Crippen molar-refractivity contribution in [2.24, 2.45) is 11.8 Å². The van der Waals surface area contributed by atoms with E-state index >= 15 is 0 Å². The van der Waals surface area contributed by atoms with E-state index in [0.29, 0.717) is 11.8 Å². The number of fused-ring (bicyclic) bond motifs is 2. The lowest BCUT2D eigenvalue weighted by Crippen LogP contribution is -2.58. The molecule has 2 N–H and O–H groups in total. The van der Waals surface area contributed by atoms with Crippen LogP contribution in [0.2, 0.25) is 0 Å². The zero-order chi connectivity index (χ0) is 22.0. The van der Waals surface area contributed by atoms with Gasteiger partial charge in [0.25, 0.3) is 0 Å². The van der Waals surface area contributed by atoms with Gasteiger partial charge in [0.2, 0.25) is 0 Å². The van der Waals surface area contributed by atoms with Gasteiger partial charge in [-0.3, -0.25) is 0 Å². The molecule has 0 radical (unpaired) electrons. The van der Waals surface area contributed by atoms with Gasteiger partial charge in [-0.15, -0.1) is 35.4 Å². The average molecular weight is 482 g/mol. The Labute approximate surface area is 205 Å². The summed E-state index contributed by atoms with van der Waals surface area (Å²) >= 11 is 5.80. The molecule has 32 heavy (non-hydrogen) atoms. The molecular weight excluding hydrogens is 451 g/mol. The van der Waals surface area contributed by atoms with Crippen LogP contribution < -0.4 is 5.32 Å². The number of aliphatic hydroxyl groups is 1. The quantitative estimate of drug-likeness (QED) is 0.525. The van der Waals surface area contributed by atoms with E-state index in [9.17, 15) is 5.11 Å². The van der Waals surface area contributed by atoms with Crippen molar-refractivity contribution < 1.29 is 5.11 Å². The van der Waals surface area contributed by atoms with Crippen LogP contribution in [0.4, 0.5) is 0 Å². The molecular formula is C27H31NOS3. The van der Waals surface area contributed by atoms with Crippen molar-refractivity contribution in [3.05, 3.63) is 59.7 Å². The van der Waals surface area contributed by atoms with Crippen molar-refractivity contribution in [3.8, 4) is 11.8 Å². The van der Waals surface area contributed by atoms with Crippen LogP contribution in [-0.4, -0.2) is 33.8 Å². The summed E-state index contributed by atoms with van der Waals surface area (Å²) in [5.74, 6) is 9.61. The third-order valence-corrected chi connectivity index (χ3v) is 12.0. The van der Waals surface area contributed by atoms with Crippen LogP contribution >= 0.6 is 35.3 Å². The van der Waals surface area contributed by atoms with E-state index in [1.807, 2.05) is 30.4 Å². The van der Waals surface area contributed by atoms with E-state index in [1.54, 1.807) is 11.8 Å². The molecule has 2 unspecified atom stereocenters. The molecule has 0 aliphatic carbocycles. The van der Waals surface area contributed by atoms with Gasteiger partial charge in [-0.25, -0.2) is 0 Å². The van der Waals surface area contributed by atoms with Gasteiger partial charge < -0.3 is 10.4 Å². The molecule has 3 heterocycles. The third-order valence-electron chi connectivity index (χ3n) is 7.09. The molecule has 0 amide bonds. The summed E-state index contributed by atoms with van der Waals surface area (Å²) in [6.45, 7) is 4.07. The molecule has 0 saturated carbocycles. The Morgan fingerprint density at radius 2 is 1.69 bits per heavy atom. The maximum Gasteiger partial charge on any atom is 0.141 e. The van der Waals surface area contributed by atoms with Crippen molar-refractivity contribution in [1.29, 1.82) is 0 Å². The monoisotopic (exact) mass is 481 g/mol. The standard InChI is InChI=1S/C27H31NOS3/c1-2-3-11-21(20-10-8-16-28-19-20)27(30-17-9-18-31-27)26(29)22-12-4-6-14-24(22)32-25-15-7-5-13-23(25)26/h4-7,12-15,20-21,28-29H,8-11,16-19H2,1H3. The summed E-state index contributed by atoms with van der Waals surface area (Å²) in [5.41, 5.74) is 1.09. The Bertz CT molecular complexity index is 969. The number of piperidine rings is 1. The number of hydrogen-bond donors (Lipinski definition) is 2. The molecule has 5 rings (SSSR count). The van der Waals surface area contributed by atoms with Gasteiger partial charge in [0, 0.05) is 33.3 Å². The fourth-order valence-corrected chi connectivity index (χ4v) is 10.9. The molecule has 2 aromatic rings. The molecule has 3 aliphatic rings. The fraction of sp³-hybridized carbons (Fsp3) is 0.481. The third kappa shape index (κ3) is 3.73. The number of thioether (sulfide) groups is 2. The SMILES string of the molecule is CC#CCC(C1CCCNC1)C1(C2(O)c3ccccc3Sc3ccccc32)SCCCS1. The van der Waals surface area contributed by atoms with Crippen LogP contribution in [-0.2, 0) is 5.60 Å². The molecule has 0 bridgehead atoms. The lowest BCUT2D eigenvalue weighted by molar-refractivity contribution is 0.0271. The second-order valence-corrected chi connectivity index (χ2v) is 12.9. The Balaban J connectivity index is 1.74. The zero-order valence-electron chi connectivity index (χ0n) is 18.6. The summed E-state index contributed by atoms with van der Waals surface area (Å²) in [7, 11) is 0. The maximum absolute atomic E-state index is 13.1. The van der Waals surface area contributed by atoms with Gasteiger partial charge >= 0.3 is 0 Å². The van der Waals surface area contributed by atoms with Crippen molar-refractivity contribution >= 4 is 35.3 Å². The van der Waals surface area contributed by atoms with Crippen molar-refractivity contribution in [1.82, 2.24) is 5.32 Å². The van der Waals surface area contributed by atoms with Gasteiger partial charge in [0.15, 0.2) is 0 Å². The first-order valence-electron chi connectivity index (χ1n) is 11.7. The summed E-state index contributed by atoms with van der Waals surface area (Å²) in [6, 6.07) is 17.1. The van der Waals surface area contributed by atoms with Crippen molar-refractivity contribution in [3.63, 3.8) is 0 Å². The Hall–Kier alpha value is -1.03. The highest BCUT2D eigenvalue weighted by atomic mass is 32.2. The topological polar surface area (TPSA) is 32.3 Å². The van der Waals surface area contributed by atoms with Gasteiger partial charge in [-0.2, -0.15) is 0 Å². The van der Waals surface area contributed by atoms with Crippen LogP contribution in [0, 0.1) is 23.7 Å². The minimum absolute atomic E-state index is 0.298. The highest BCUT2D eigenvalue weighted by Gasteiger charge is 2.61. The van der Waals surface area contributed by atoms with E-state index in [4.69, 9.17) is 0 Å². The molecule has 5 heteroatoms. The predicted octanol–water partition coefficient (Wildman–Crippen LogP) is 5.98. The number of hydrogen-bond acceptors (Lipinski definition) is 5. The number of rotatable bonds is 4. The molecule has 2 fully saturated rings. The summed E-state index contributed by atoms with van der Waals surface area (Å²) in [5, 5.41) is 16.8. The molecule has 2 aromatic carbocycles. The molecule has 0 aromatic heterocycles. The fourth-order valence-electron chi connectivity index (χ4n) is 5.63. The number of benzene rings is 2. The second-order valence-electron chi connectivity index (χ2n) is 8.87. The molecule has 0 spiro atoms. The smallest absolute Gasteiger partial charge is 0.141 e. The van der Waals surface area contributed by atoms with Gasteiger partial charge in [-0.05, 0) is 68.8 Å². The van der Waals surface area contributed by atoms with Crippen molar-refractivity contribution in [2.45, 2.75) is 52.1 Å². The summed E-state index contributed by atoms with van der Waals surface area (Å²) < 4.78 is -0.369. The summed E-state index contributed by atoms with van der Waals surface area (Å²) in [6.07, 6.45) is 4.44. The Kier molecular flexibility index (Phi) is 6.88. The summed E-state index contributed by atoms with van der Waals surface area (Å²) in [4.78, 5) is 2.36. The van der Waals surface area contributed by atoms with Gasteiger partial charge in [0.05, 0.1) is 0 Å². The molecule has 3 aliphatic heterocycles. The molecule has 2 atom stereocenters. The van der Waals surface area contributed by atoms with E-state index in [1.165, 1.54) is 29.1 Å². The molecule has 168 valence electrons. The number of nitrogens with one attached hydrogen (secondary N) is 1. The normalized spacial score (nSPS) is 24.4. The van der Waals surface area contributed by atoms with Gasteiger partial charge in [0.1, 0.15) is 9.68 Å². The Morgan fingerprint density at radius 3 is 2.28 bits per heavy atom. The van der Waals surface area contributed by atoms with E-state index in [-0.39, 0.29) is 4.08 Å². The van der Waals surface area contributed by atoms with Crippen molar-refractivity contribution in [2.75, 3.05) is 24.6 Å². The second kappa shape index (κ2) is 9.68. The predicted molar refractivity (Wildman–Crippen MR) is 139 cm³/mol. The average Bonchev–Trinajstić information content (AvgIpc) is 2.85. The van der Waals surface area contributed by atoms with E-state index in [2.05, 4.69) is 65.7 Å². The Morgan fingerprint density at radius 1 is 1.03 bits per heavy atom. The first-order valence-corrected chi connectivity index (χ1v) is 14.5.